The highest BCUT2D eigenvalue weighted by Gasteiger charge is 2.32. The second kappa shape index (κ2) is 9.21. The van der Waals surface area contributed by atoms with Crippen LogP contribution in [0.2, 0.25) is 0 Å². The molecule has 0 spiro atoms. The number of nitrogens with zero attached hydrogens (tertiary/aromatic N) is 2. The fourth-order valence-electron chi connectivity index (χ4n) is 3.44. The van der Waals surface area contributed by atoms with Gasteiger partial charge in [0.05, 0.1) is 36.4 Å². The van der Waals surface area contributed by atoms with E-state index in [4.69, 9.17) is 9.47 Å². The molecule has 1 N–H and O–H groups in total. The molecule has 172 valence electrons. The van der Waals surface area contributed by atoms with Crippen molar-refractivity contribution >= 4 is 48.9 Å². The molecular formula is C21H25N3O6S2. The van der Waals surface area contributed by atoms with Crippen LogP contribution in [0.3, 0.4) is 0 Å². The number of aromatic nitrogens is 1. The van der Waals surface area contributed by atoms with Crippen LogP contribution in [0.25, 0.3) is 10.2 Å². The molecule has 11 heteroatoms. The summed E-state index contributed by atoms with van der Waals surface area (Å²) in [4.78, 5) is 25.0. The fraction of sp³-hybridized carbons (Fsp3) is 0.333. The van der Waals surface area contributed by atoms with Crippen molar-refractivity contribution in [3.63, 3.8) is 0 Å². The van der Waals surface area contributed by atoms with Gasteiger partial charge in [-0.2, -0.15) is 0 Å². The summed E-state index contributed by atoms with van der Waals surface area (Å²) >= 11 is 1.09. The minimum absolute atomic E-state index is 0.0762. The van der Waals surface area contributed by atoms with Gasteiger partial charge in [-0.15, -0.1) is 0 Å². The van der Waals surface area contributed by atoms with E-state index in [1.807, 2.05) is 6.92 Å². The maximum atomic E-state index is 13.0. The zero-order chi connectivity index (χ0) is 23.6. The van der Waals surface area contributed by atoms with E-state index in [-0.39, 0.29) is 16.3 Å². The minimum Gasteiger partial charge on any atom is -0.497 e. The Morgan fingerprint density at radius 1 is 1.19 bits per heavy atom. The van der Waals surface area contributed by atoms with Gasteiger partial charge in [0, 0.05) is 18.3 Å². The minimum atomic E-state index is -3.86. The van der Waals surface area contributed by atoms with Crippen molar-refractivity contribution in [2.24, 2.45) is 0 Å². The largest absolute Gasteiger partial charge is 0.497 e. The van der Waals surface area contributed by atoms with Crippen molar-refractivity contribution in [1.82, 2.24) is 4.57 Å². The van der Waals surface area contributed by atoms with Crippen LogP contribution in [-0.2, 0) is 21.4 Å². The van der Waals surface area contributed by atoms with Gasteiger partial charge in [-0.05, 0) is 44.2 Å². The summed E-state index contributed by atoms with van der Waals surface area (Å²) in [6, 6.07) is 8.76. The average Bonchev–Trinajstić information content (AvgIpc) is 3.06. The number of fused-ring (bicyclic) bond motifs is 1. The lowest BCUT2D eigenvalue weighted by Gasteiger charge is -2.29. The molecule has 2 aromatic carbocycles. The third kappa shape index (κ3) is 4.58. The lowest BCUT2D eigenvalue weighted by atomic mass is 10.2. The third-order valence-electron chi connectivity index (χ3n) is 4.96. The molecule has 0 saturated heterocycles. The number of benzene rings is 2. The predicted octanol–water partition coefficient (Wildman–Crippen LogP) is 2.89. The number of nitrogens with one attached hydrogen (secondary N) is 1. The Labute approximate surface area is 190 Å². The number of rotatable bonds is 8. The molecule has 0 radical (unpaired) electrons. The van der Waals surface area contributed by atoms with Crippen LogP contribution >= 0.6 is 11.3 Å². The number of aryl methyl sites for hydroxylation is 1. The summed E-state index contributed by atoms with van der Waals surface area (Å²) in [7, 11) is -0.981. The van der Waals surface area contributed by atoms with Crippen LogP contribution in [-0.4, -0.2) is 45.4 Å². The Balaban J connectivity index is 1.96. The molecule has 1 aromatic heterocycles. The highest BCUT2D eigenvalue weighted by atomic mass is 32.2. The molecule has 1 heterocycles. The van der Waals surface area contributed by atoms with Gasteiger partial charge in [0.15, 0.2) is 0 Å². The maximum absolute atomic E-state index is 13.0. The molecule has 0 aliphatic heterocycles. The van der Waals surface area contributed by atoms with E-state index in [0.29, 0.717) is 18.0 Å². The summed E-state index contributed by atoms with van der Waals surface area (Å²) in [6.07, 6.45) is 1.02. The molecule has 0 fully saturated rings. The molecule has 0 aliphatic rings. The second-order valence-electron chi connectivity index (χ2n) is 7.06. The smallest absolute Gasteiger partial charge is 0.308 e. The number of sulfonamides is 1. The molecule has 3 aromatic rings. The lowest BCUT2D eigenvalue weighted by molar-refractivity contribution is -0.116. The summed E-state index contributed by atoms with van der Waals surface area (Å²) in [5.41, 5.74) is 1.43. The molecular weight excluding hydrogens is 454 g/mol. The Hall–Kier alpha value is -3.05. The van der Waals surface area contributed by atoms with Gasteiger partial charge in [-0.1, -0.05) is 11.3 Å². The Morgan fingerprint density at radius 2 is 1.91 bits per heavy atom. The molecule has 9 nitrogen and oxygen atoms in total. The predicted molar refractivity (Wildman–Crippen MR) is 127 cm³/mol. The zero-order valence-electron chi connectivity index (χ0n) is 18.4. The number of ether oxygens (including phenoxy) is 2. The average molecular weight is 480 g/mol. The summed E-state index contributed by atoms with van der Waals surface area (Å²) < 4.78 is 39.2. The first kappa shape index (κ1) is 23.6. The van der Waals surface area contributed by atoms with E-state index in [1.54, 1.807) is 34.9 Å². The summed E-state index contributed by atoms with van der Waals surface area (Å²) in [6.45, 7) is 3.92. The third-order valence-corrected chi connectivity index (χ3v) is 7.13. The van der Waals surface area contributed by atoms with E-state index in [9.17, 15) is 18.0 Å². The lowest BCUT2D eigenvalue weighted by Crippen LogP contribution is -2.45. The van der Waals surface area contributed by atoms with Crippen molar-refractivity contribution in [2.75, 3.05) is 30.1 Å². The van der Waals surface area contributed by atoms with Gasteiger partial charge in [0.1, 0.15) is 17.5 Å². The van der Waals surface area contributed by atoms with Crippen LogP contribution in [0, 0.1) is 0 Å². The van der Waals surface area contributed by atoms with E-state index in [1.165, 1.54) is 27.2 Å². The first-order valence-electron chi connectivity index (χ1n) is 9.76. The Kier molecular flexibility index (Phi) is 6.79. The molecule has 0 saturated carbocycles. The molecule has 0 aliphatic carbocycles. The number of carbonyl (C=O) groups is 1. The number of carbonyl (C=O) groups excluding carboxylic acids is 1. The van der Waals surface area contributed by atoms with Crippen molar-refractivity contribution < 1.29 is 22.7 Å². The Bertz CT molecular complexity index is 1310. The Morgan fingerprint density at radius 3 is 2.50 bits per heavy atom. The molecule has 32 heavy (non-hydrogen) atoms. The number of hydrogen-bond donors (Lipinski definition) is 1. The van der Waals surface area contributed by atoms with Crippen LogP contribution in [0.1, 0.15) is 13.8 Å². The van der Waals surface area contributed by atoms with Gasteiger partial charge in [0.2, 0.25) is 15.9 Å². The highest BCUT2D eigenvalue weighted by molar-refractivity contribution is 7.92. The number of anilines is 2. The molecule has 0 bridgehead atoms. The molecule has 1 atom stereocenters. The van der Waals surface area contributed by atoms with Crippen molar-refractivity contribution in [3.05, 3.63) is 46.1 Å². The van der Waals surface area contributed by atoms with Crippen LogP contribution in [0.15, 0.2) is 41.2 Å². The van der Waals surface area contributed by atoms with Gasteiger partial charge in [-0.25, -0.2) is 8.42 Å². The van der Waals surface area contributed by atoms with Crippen LogP contribution in [0.4, 0.5) is 11.4 Å². The van der Waals surface area contributed by atoms with Crippen molar-refractivity contribution in [2.45, 2.75) is 26.4 Å². The first-order chi connectivity index (χ1) is 15.1. The number of hydrogen-bond acceptors (Lipinski definition) is 7. The van der Waals surface area contributed by atoms with Gasteiger partial charge in [-0.3, -0.25) is 18.5 Å². The summed E-state index contributed by atoms with van der Waals surface area (Å²) in [5, 5.41) is 2.75. The second-order valence-corrected chi connectivity index (χ2v) is 9.91. The normalized spacial score (nSPS) is 12.4. The molecule has 3 rings (SSSR count). The van der Waals surface area contributed by atoms with Crippen LogP contribution in [0.5, 0.6) is 11.5 Å². The molecule has 1 unspecified atom stereocenters. The summed E-state index contributed by atoms with van der Waals surface area (Å²) in [5.74, 6) is 0.160. The topological polar surface area (TPSA) is 107 Å². The van der Waals surface area contributed by atoms with Crippen molar-refractivity contribution in [1.29, 1.82) is 0 Å². The van der Waals surface area contributed by atoms with E-state index in [0.717, 1.165) is 32.1 Å². The van der Waals surface area contributed by atoms with E-state index in [2.05, 4.69) is 5.32 Å². The molecule has 1 amide bonds. The zero-order valence-corrected chi connectivity index (χ0v) is 20.0. The first-order valence-corrected chi connectivity index (χ1v) is 12.4. The monoisotopic (exact) mass is 479 g/mol. The number of thiazole rings is 1. The van der Waals surface area contributed by atoms with Gasteiger partial charge >= 0.3 is 4.87 Å². The van der Waals surface area contributed by atoms with E-state index >= 15 is 0 Å². The van der Waals surface area contributed by atoms with Gasteiger partial charge < -0.3 is 14.8 Å². The highest BCUT2D eigenvalue weighted by Crippen LogP contribution is 2.35. The van der Waals surface area contributed by atoms with Crippen molar-refractivity contribution in [3.8, 4) is 11.5 Å². The standard InChI is InChI=1S/C21H25N3O6S2/c1-6-23-16-9-7-14(11-19(16)31-21(23)26)22-20(25)13(2)24(32(5,27)28)17-12-15(29-3)8-10-18(17)30-4/h7-13H,6H2,1-5H3,(H,22,25). The fourth-order valence-corrected chi connectivity index (χ4v) is 5.60. The van der Waals surface area contributed by atoms with E-state index < -0.39 is 22.0 Å². The quantitative estimate of drug-likeness (QED) is 0.532. The number of amides is 1. The maximum Gasteiger partial charge on any atom is 0.308 e. The van der Waals surface area contributed by atoms with Gasteiger partial charge in [0.25, 0.3) is 0 Å². The van der Waals surface area contributed by atoms with Crippen LogP contribution < -0.4 is 24.0 Å². The SMILES string of the molecule is CCn1c(=O)sc2cc(NC(=O)C(C)N(c3cc(OC)ccc3OC)S(C)(=O)=O)ccc21. The number of methoxy groups -OCH3 is 2.